The molecule has 124 valence electrons. The molecule has 0 aromatic carbocycles. The summed E-state index contributed by atoms with van der Waals surface area (Å²) < 4.78 is 17.6. The molecule has 1 fully saturated rings. The van der Waals surface area contributed by atoms with E-state index in [0.29, 0.717) is 17.0 Å². The molecule has 0 spiro atoms. The fraction of sp³-hybridized carbons (Fsp3) is 0.364. The lowest BCUT2D eigenvalue weighted by atomic mass is 9.99. The number of aromatic nitrogens is 4. The molecule has 0 radical (unpaired) electrons. The van der Waals surface area contributed by atoms with E-state index in [-0.39, 0.29) is 12.4 Å². The van der Waals surface area contributed by atoms with Crippen LogP contribution in [0.25, 0.3) is 11.2 Å². The number of fused-ring (bicyclic) bond motifs is 1. The van der Waals surface area contributed by atoms with E-state index in [0.717, 1.165) is 6.08 Å². The first-order valence-corrected chi connectivity index (χ1v) is 8.10. The third-order valence-corrected chi connectivity index (χ3v) is 4.02. The van der Waals surface area contributed by atoms with Gasteiger partial charge in [-0.3, -0.25) is 9.13 Å². The number of hydrogen-bond acceptors (Lipinski definition) is 8. The Morgan fingerprint density at radius 3 is 2.87 bits per heavy atom. The van der Waals surface area contributed by atoms with E-state index >= 15 is 0 Å². The third kappa shape index (κ3) is 2.85. The van der Waals surface area contributed by atoms with Gasteiger partial charge < -0.3 is 30.5 Å². The van der Waals surface area contributed by atoms with Gasteiger partial charge in [-0.15, -0.1) is 0 Å². The molecule has 12 heteroatoms. The van der Waals surface area contributed by atoms with Crippen LogP contribution >= 0.6 is 7.60 Å². The van der Waals surface area contributed by atoms with Gasteiger partial charge in [-0.25, -0.2) is 15.0 Å². The molecule has 3 rings (SSSR count). The summed E-state index contributed by atoms with van der Waals surface area (Å²) in [6.07, 6.45) is 0.819. The van der Waals surface area contributed by atoms with E-state index in [1.54, 1.807) is 0 Å². The van der Waals surface area contributed by atoms with Crippen LogP contribution in [0.2, 0.25) is 0 Å². The Bertz CT molecular complexity index is 818. The second-order valence-corrected chi connectivity index (χ2v) is 6.60. The molecule has 0 aliphatic carbocycles. The Kier molecular flexibility index (Phi) is 3.71. The minimum Gasteiger partial charge on any atom is -0.385 e. The van der Waals surface area contributed by atoms with Crippen LogP contribution in [-0.4, -0.2) is 57.8 Å². The second-order valence-electron chi connectivity index (χ2n) is 5.13. The fourth-order valence-electron chi connectivity index (χ4n) is 2.30. The summed E-state index contributed by atoms with van der Waals surface area (Å²) in [5.41, 5.74) is 4.32. The van der Waals surface area contributed by atoms with Crippen LogP contribution in [0.1, 0.15) is 6.23 Å². The highest BCUT2D eigenvalue weighted by atomic mass is 31.2. The topological polar surface area (TPSA) is 177 Å². The maximum atomic E-state index is 10.9. The summed E-state index contributed by atoms with van der Waals surface area (Å²) in [5.74, 6) is 0.673. The van der Waals surface area contributed by atoms with Crippen molar-refractivity contribution in [3.63, 3.8) is 0 Å². The number of nitrogens with zero attached hydrogens (tertiary/aromatic N) is 4. The highest BCUT2D eigenvalue weighted by Crippen LogP contribution is 2.40. The van der Waals surface area contributed by atoms with Crippen LogP contribution < -0.4 is 5.73 Å². The average molecular weight is 343 g/mol. The van der Waals surface area contributed by atoms with E-state index in [4.69, 9.17) is 20.3 Å². The maximum absolute atomic E-state index is 10.9. The van der Waals surface area contributed by atoms with E-state index in [2.05, 4.69) is 15.0 Å². The Balaban J connectivity index is 1.95. The lowest BCUT2D eigenvalue weighted by molar-refractivity contribution is -0.0356. The number of imidazole rings is 1. The molecular weight excluding hydrogens is 329 g/mol. The molecule has 3 atom stereocenters. The number of aliphatic hydroxyl groups excluding tert-OH is 1. The Labute approximate surface area is 129 Å². The van der Waals surface area contributed by atoms with Crippen molar-refractivity contribution < 1.29 is 29.3 Å². The van der Waals surface area contributed by atoms with Crippen molar-refractivity contribution in [1.29, 1.82) is 0 Å². The van der Waals surface area contributed by atoms with Gasteiger partial charge in [-0.1, -0.05) is 0 Å². The first-order chi connectivity index (χ1) is 10.7. The van der Waals surface area contributed by atoms with Crippen LogP contribution in [0.4, 0.5) is 5.82 Å². The molecule has 11 nitrogen and oxygen atoms in total. The first-order valence-electron chi connectivity index (χ1n) is 6.42. The fourth-order valence-corrected chi connectivity index (χ4v) is 2.76. The molecule has 2 aromatic rings. The molecule has 0 amide bonds. The Hall–Kier alpha value is -1.88. The number of rotatable bonds is 3. The van der Waals surface area contributed by atoms with E-state index < -0.39 is 25.5 Å². The molecule has 3 heterocycles. The zero-order valence-corrected chi connectivity index (χ0v) is 12.5. The van der Waals surface area contributed by atoms with Crippen LogP contribution in [0, 0.1) is 0 Å². The van der Waals surface area contributed by atoms with Crippen LogP contribution in [0.15, 0.2) is 24.5 Å². The van der Waals surface area contributed by atoms with E-state index in [1.807, 2.05) is 0 Å². The molecular formula is C11H14N5O6P. The Morgan fingerprint density at radius 1 is 1.43 bits per heavy atom. The summed E-state index contributed by atoms with van der Waals surface area (Å²) in [5, 5.41) is 20.6. The molecule has 1 aliphatic heterocycles. The minimum absolute atomic E-state index is 0.151. The van der Waals surface area contributed by atoms with E-state index in [9.17, 15) is 14.8 Å². The first kappa shape index (κ1) is 16.0. The van der Waals surface area contributed by atoms with Crippen LogP contribution in [-0.2, 0) is 9.30 Å². The van der Waals surface area contributed by atoms with Gasteiger partial charge in [0, 0.05) is 5.82 Å². The molecule has 1 aliphatic rings. The number of hydrogen-bond donors (Lipinski definition) is 5. The normalized spacial score (nSPS) is 28.9. The van der Waals surface area contributed by atoms with Crippen molar-refractivity contribution in [1.82, 2.24) is 19.5 Å². The molecule has 0 bridgehead atoms. The van der Waals surface area contributed by atoms with Crippen LogP contribution in [0.3, 0.4) is 0 Å². The smallest absolute Gasteiger partial charge is 0.348 e. The maximum Gasteiger partial charge on any atom is 0.348 e. The van der Waals surface area contributed by atoms with Crippen molar-refractivity contribution in [2.45, 2.75) is 17.9 Å². The second kappa shape index (κ2) is 5.34. The van der Waals surface area contributed by atoms with Gasteiger partial charge in [0.25, 0.3) is 0 Å². The monoisotopic (exact) mass is 343 g/mol. The zero-order valence-electron chi connectivity index (χ0n) is 11.6. The van der Waals surface area contributed by atoms with Crippen molar-refractivity contribution in [2.24, 2.45) is 0 Å². The average Bonchev–Trinajstić information content (AvgIpc) is 3.01. The molecule has 23 heavy (non-hydrogen) atoms. The number of nitrogens with two attached hydrogens (primary N) is 1. The van der Waals surface area contributed by atoms with Gasteiger partial charge in [0.05, 0.1) is 12.9 Å². The third-order valence-electron chi connectivity index (χ3n) is 3.49. The minimum atomic E-state index is -4.48. The van der Waals surface area contributed by atoms with Gasteiger partial charge in [0.15, 0.2) is 17.7 Å². The molecule has 0 saturated carbocycles. The SMILES string of the molecule is Nc1ncnc2c1ncn2[C@@H]1OC[C@](O)(/C=C/P(=O)(O)O)[C@H]1O. The Morgan fingerprint density at radius 2 is 2.17 bits per heavy atom. The van der Waals surface area contributed by atoms with Crippen molar-refractivity contribution >= 4 is 24.6 Å². The highest BCUT2D eigenvalue weighted by Gasteiger charge is 2.48. The zero-order chi connectivity index (χ0) is 16.8. The van der Waals surface area contributed by atoms with Crippen LogP contribution in [0.5, 0.6) is 0 Å². The van der Waals surface area contributed by atoms with Crippen molar-refractivity contribution in [3.8, 4) is 0 Å². The summed E-state index contributed by atoms with van der Waals surface area (Å²) in [6, 6.07) is 0. The van der Waals surface area contributed by atoms with Gasteiger partial charge in [0.2, 0.25) is 0 Å². The van der Waals surface area contributed by atoms with Gasteiger partial charge in [0.1, 0.15) is 23.5 Å². The lowest BCUT2D eigenvalue weighted by Gasteiger charge is -2.23. The number of nitrogen functional groups attached to an aromatic ring is 1. The summed E-state index contributed by atoms with van der Waals surface area (Å²) in [6.45, 7) is -0.366. The summed E-state index contributed by atoms with van der Waals surface area (Å²) >= 11 is 0. The predicted octanol–water partition coefficient (Wildman–Crippen LogP) is -1.28. The van der Waals surface area contributed by atoms with Gasteiger partial charge in [-0.2, -0.15) is 0 Å². The number of anilines is 1. The molecule has 0 unspecified atom stereocenters. The quantitative estimate of drug-likeness (QED) is 0.422. The molecule has 6 N–H and O–H groups in total. The highest BCUT2D eigenvalue weighted by molar-refractivity contribution is 7.55. The summed E-state index contributed by atoms with van der Waals surface area (Å²) in [4.78, 5) is 29.5. The molecule has 1 saturated heterocycles. The van der Waals surface area contributed by atoms with Gasteiger partial charge >= 0.3 is 7.60 Å². The van der Waals surface area contributed by atoms with Crippen molar-refractivity contribution in [2.75, 3.05) is 12.3 Å². The largest absolute Gasteiger partial charge is 0.385 e. The predicted molar refractivity (Wildman–Crippen MR) is 76.9 cm³/mol. The lowest BCUT2D eigenvalue weighted by Crippen LogP contribution is -2.40. The molecule has 2 aromatic heterocycles. The van der Waals surface area contributed by atoms with E-state index in [1.165, 1.54) is 17.2 Å². The van der Waals surface area contributed by atoms with Crippen molar-refractivity contribution in [3.05, 3.63) is 24.5 Å². The number of aliphatic hydroxyl groups is 2. The standard InChI is InChI=1S/C11H14N5O6P/c12-8-6-9(14-4-13-8)16(5-15-6)10-7(17)11(18,3-22-10)1-2-23(19,20)21/h1-2,4-5,7,10,17-18H,3H2,(H2,12,13,14)(H2,19,20,21)/b2-1+/t7-,10+,11+/m0/s1. The summed E-state index contributed by atoms with van der Waals surface area (Å²) in [7, 11) is -4.48. The van der Waals surface area contributed by atoms with Gasteiger partial charge in [-0.05, 0) is 6.08 Å². The number of ether oxygens (including phenoxy) is 1.